The monoisotopic (exact) mass is 561 g/mol. The maximum atomic E-state index is 14.3. The average Bonchev–Trinajstić information content (AvgIpc) is 3.40. The van der Waals surface area contributed by atoms with Crippen molar-refractivity contribution in [1.82, 2.24) is 0 Å². The number of fused-ring (bicyclic) bond motifs is 1. The van der Waals surface area contributed by atoms with E-state index in [9.17, 15) is 9.59 Å². The summed E-state index contributed by atoms with van der Waals surface area (Å²) in [5.74, 6) is 0.664. The van der Waals surface area contributed by atoms with Crippen molar-refractivity contribution < 1.29 is 23.8 Å². The van der Waals surface area contributed by atoms with E-state index in [2.05, 4.69) is 22.9 Å². The van der Waals surface area contributed by atoms with Crippen LogP contribution in [0.1, 0.15) is 66.6 Å². The minimum absolute atomic E-state index is 0.00242. The largest absolute Gasteiger partial charge is 0.496 e. The number of methoxy groups -OCH3 is 1. The van der Waals surface area contributed by atoms with Crippen LogP contribution >= 0.6 is 27.3 Å². The number of ether oxygens (including phenoxy) is 3. The molecule has 2 fully saturated rings. The van der Waals surface area contributed by atoms with Crippen LogP contribution in [0.3, 0.4) is 0 Å². The Morgan fingerprint density at radius 2 is 1.97 bits per heavy atom. The Balaban J connectivity index is 1.58. The highest BCUT2D eigenvalue weighted by Gasteiger charge is 2.59. The molecule has 1 aromatic carbocycles. The molecular formula is C27H32BrNO5S. The molecule has 0 bridgehead atoms. The number of benzene rings is 1. The smallest absolute Gasteiger partial charge is 0.242 e. The number of carbonyl (C=O) groups is 2. The molecule has 3 aliphatic rings. The molecular weight excluding hydrogens is 530 g/mol. The summed E-state index contributed by atoms with van der Waals surface area (Å²) < 4.78 is 18.8. The average molecular weight is 563 g/mol. The summed E-state index contributed by atoms with van der Waals surface area (Å²) in [6.07, 6.45) is 3.65. The van der Waals surface area contributed by atoms with E-state index >= 15 is 0 Å². The summed E-state index contributed by atoms with van der Waals surface area (Å²) >= 11 is 5.10. The second-order valence-corrected chi connectivity index (χ2v) is 12.2. The van der Waals surface area contributed by atoms with Gasteiger partial charge in [0.1, 0.15) is 22.3 Å². The van der Waals surface area contributed by atoms with Crippen molar-refractivity contribution in [3.05, 3.63) is 44.7 Å². The fourth-order valence-corrected chi connectivity index (χ4v) is 7.64. The number of anilines is 1. The number of hydrogen-bond donors (Lipinski definition) is 0. The highest BCUT2D eigenvalue weighted by Crippen LogP contribution is 2.55. The minimum Gasteiger partial charge on any atom is -0.496 e. The number of nitrogens with zero attached hydrogens (tertiary/aromatic N) is 1. The first-order valence-electron chi connectivity index (χ1n) is 12.4. The lowest BCUT2D eigenvalue weighted by molar-refractivity contribution is -0.128. The van der Waals surface area contributed by atoms with Crippen LogP contribution in [0.5, 0.6) is 5.75 Å². The number of hydrogen-bond acceptors (Lipinski definition) is 6. The maximum Gasteiger partial charge on any atom is 0.242 e. The molecule has 1 saturated carbocycles. The van der Waals surface area contributed by atoms with Gasteiger partial charge in [0.15, 0.2) is 5.78 Å². The second-order valence-electron chi connectivity index (χ2n) is 9.87. The molecule has 188 valence electrons. The number of ketones is 1. The Bertz CT molecular complexity index is 1130. The van der Waals surface area contributed by atoms with Gasteiger partial charge in [-0.2, -0.15) is 0 Å². The summed E-state index contributed by atoms with van der Waals surface area (Å²) in [7, 11) is 1.65. The summed E-state index contributed by atoms with van der Waals surface area (Å²) in [5.41, 5.74) is 1.54. The number of para-hydroxylation sites is 1. The van der Waals surface area contributed by atoms with Gasteiger partial charge in [-0.1, -0.05) is 31.5 Å². The molecule has 3 atom stereocenters. The summed E-state index contributed by atoms with van der Waals surface area (Å²) in [5, 5.41) is 0.726. The van der Waals surface area contributed by atoms with Crippen LogP contribution in [0.25, 0.3) is 0 Å². The van der Waals surface area contributed by atoms with Gasteiger partial charge < -0.3 is 14.2 Å². The molecule has 0 radical (unpaired) electrons. The third kappa shape index (κ3) is 4.16. The van der Waals surface area contributed by atoms with Crippen molar-refractivity contribution in [2.75, 3.05) is 31.8 Å². The van der Waals surface area contributed by atoms with Gasteiger partial charge in [0, 0.05) is 18.8 Å². The lowest BCUT2D eigenvalue weighted by atomic mass is 9.69. The maximum absolute atomic E-state index is 14.3. The van der Waals surface area contributed by atoms with Crippen LogP contribution in [0.15, 0.2) is 28.1 Å². The number of carbonyl (C=O) groups excluding carboxylic acids is 2. The van der Waals surface area contributed by atoms with Crippen molar-refractivity contribution in [3.63, 3.8) is 0 Å². The molecule has 1 saturated heterocycles. The zero-order valence-corrected chi connectivity index (χ0v) is 22.9. The van der Waals surface area contributed by atoms with Gasteiger partial charge in [-0.05, 0) is 66.1 Å². The van der Waals surface area contributed by atoms with E-state index in [1.165, 1.54) is 11.3 Å². The molecule has 35 heavy (non-hydrogen) atoms. The fraction of sp³-hybridized carbons (Fsp3) is 0.556. The highest BCUT2D eigenvalue weighted by molar-refractivity contribution is 9.11. The van der Waals surface area contributed by atoms with Gasteiger partial charge >= 0.3 is 0 Å². The number of thiophene rings is 1. The van der Waals surface area contributed by atoms with Crippen molar-refractivity contribution >= 4 is 44.0 Å². The van der Waals surface area contributed by atoms with E-state index in [1.54, 1.807) is 7.11 Å². The second kappa shape index (κ2) is 9.96. The van der Waals surface area contributed by atoms with E-state index in [-0.39, 0.29) is 23.7 Å². The first-order valence-corrected chi connectivity index (χ1v) is 14.0. The molecule has 1 aliphatic carbocycles. The van der Waals surface area contributed by atoms with Crippen LogP contribution in [-0.4, -0.2) is 44.7 Å². The quantitative estimate of drug-likeness (QED) is 0.398. The Labute approximate surface area is 219 Å². The SMILES string of the molecule is COc1ccccc1C(CN1C(=O)C2(CCCC2C)C(=O)c2c1sc(Br)c2C)OC1CCOCC1. The zero-order chi connectivity index (χ0) is 24.7. The number of rotatable bonds is 6. The lowest BCUT2D eigenvalue weighted by Crippen LogP contribution is -2.55. The third-order valence-electron chi connectivity index (χ3n) is 7.98. The third-order valence-corrected chi connectivity index (χ3v) is 10.2. The zero-order valence-electron chi connectivity index (χ0n) is 20.5. The predicted molar refractivity (Wildman–Crippen MR) is 140 cm³/mol. The first-order chi connectivity index (χ1) is 16.9. The Kier molecular flexibility index (Phi) is 7.09. The Morgan fingerprint density at radius 3 is 2.66 bits per heavy atom. The van der Waals surface area contributed by atoms with Crippen LogP contribution in [-0.2, 0) is 14.3 Å². The number of Topliss-reactive ketones (excluding diaryl/α,β-unsaturated/α-hetero) is 1. The van der Waals surface area contributed by atoms with Crippen LogP contribution in [0, 0.1) is 18.3 Å². The van der Waals surface area contributed by atoms with E-state index in [0.717, 1.165) is 51.3 Å². The topological polar surface area (TPSA) is 65.1 Å². The van der Waals surface area contributed by atoms with Gasteiger partial charge in [-0.3, -0.25) is 14.5 Å². The highest BCUT2D eigenvalue weighted by atomic mass is 79.9. The minimum atomic E-state index is -0.984. The molecule has 8 heteroatoms. The Hall–Kier alpha value is -1.74. The predicted octanol–water partition coefficient (Wildman–Crippen LogP) is 6.10. The van der Waals surface area contributed by atoms with Gasteiger partial charge in [-0.15, -0.1) is 11.3 Å². The lowest BCUT2D eigenvalue weighted by Gasteiger charge is -2.42. The summed E-state index contributed by atoms with van der Waals surface area (Å²) in [4.78, 5) is 30.0. The van der Waals surface area contributed by atoms with E-state index in [0.29, 0.717) is 31.7 Å². The van der Waals surface area contributed by atoms with Crippen LogP contribution in [0.2, 0.25) is 0 Å². The summed E-state index contributed by atoms with van der Waals surface area (Å²) in [6, 6.07) is 7.84. The molecule has 1 spiro atoms. The molecule has 5 rings (SSSR count). The van der Waals surface area contributed by atoms with E-state index < -0.39 is 11.5 Å². The van der Waals surface area contributed by atoms with Gasteiger partial charge in [-0.25, -0.2) is 0 Å². The number of amides is 1. The van der Waals surface area contributed by atoms with Crippen molar-refractivity contribution in [2.24, 2.45) is 11.3 Å². The van der Waals surface area contributed by atoms with Crippen LogP contribution < -0.4 is 9.64 Å². The molecule has 2 aromatic rings. The van der Waals surface area contributed by atoms with Gasteiger partial charge in [0.25, 0.3) is 0 Å². The molecule has 0 N–H and O–H groups in total. The fourth-order valence-electron chi connectivity index (χ4n) is 5.94. The molecule has 6 nitrogen and oxygen atoms in total. The first kappa shape index (κ1) is 24.9. The van der Waals surface area contributed by atoms with Crippen molar-refractivity contribution in [2.45, 2.75) is 58.2 Å². The van der Waals surface area contributed by atoms with Gasteiger partial charge in [0.05, 0.1) is 29.1 Å². The normalized spacial score (nSPS) is 25.8. The van der Waals surface area contributed by atoms with Crippen molar-refractivity contribution in [1.29, 1.82) is 0 Å². The molecule has 2 aliphatic heterocycles. The molecule has 3 heterocycles. The molecule has 1 aromatic heterocycles. The van der Waals surface area contributed by atoms with Gasteiger partial charge in [0.2, 0.25) is 5.91 Å². The van der Waals surface area contributed by atoms with E-state index in [4.69, 9.17) is 14.2 Å². The van der Waals surface area contributed by atoms with Crippen LogP contribution in [0.4, 0.5) is 5.00 Å². The van der Waals surface area contributed by atoms with Crippen molar-refractivity contribution in [3.8, 4) is 5.75 Å². The van der Waals surface area contributed by atoms with E-state index in [1.807, 2.05) is 36.1 Å². The number of halogens is 1. The summed E-state index contributed by atoms with van der Waals surface area (Å²) in [6.45, 7) is 5.69. The molecule has 3 unspecified atom stereocenters. The Morgan fingerprint density at radius 1 is 1.23 bits per heavy atom. The molecule has 1 amide bonds. The standard InChI is InChI=1S/C27H32BrNO5S/c1-16-7-6-12-27(16)23(30)22-17(2)24(28)35-25(22)29(26(27)31)15-21(34-18-10-13-33-14-11-18)19-8-4-5-9-20(19)32-3/h4-5,8-9,16,18,21H,6-7,10-15H2,1-3H3.